The fourth-order valence-electron chi connectivity index (χ4n) is 3.36. The number of ether oxygens (including phenoxy) is 1. The largest absolute Gasteiger partial charge is 0.453 e. The van der Waals surface area contributed by atoms with Gasteiger partial charge in [0.1, 0.15) is 12.1 Å². The predicted molar refractivity (Wildman–Crippen MR) is 107 cm³/mol. The van der Waals surface area contributed by atoms with Crippen molar-refractivity contribution in [2.24, 2.45) is 0 Å². The lowest BCUT2D eigenvalue weighted by Crippen LogP contribution is -2.47. The summed E-state index contributed by atoms with van der Waals surface area (Å²) < 4.78 is 5.21. The lowest BCUT2D eigenvalue weighted by molar-refractivity contribution is -0.154. The molecule has 0 spiro atoms. The van der Waals surface area contributed by atoms with Crippen LogP contribution in [0.1, 0.15) is 33.6 Å². The quantitative estimate of drug-likeness (QED) is 0.527. The molecule has 30 heavy (non-hydrogen) atoms. The van der Waals surface area contributed by atoms with Crippen LogP contribution in [0.25, 0.3) is 0 Å². The number of esters is 1. The van der Waals surface area contributed by atoms with Crippen LogP contribution in [0.15, 0.2) is 24.3 Å². The van der Waals surface area contributed by atoms with Gasteiger partial charge in [-0.2, -0.15) is 0 Å². The molecule has 1 saturated heterocycles. The van der Waals surface area contributed by atoms with Gasteiger partial charge in [-0.05, 0) is 39.3 Å². The minimum absolute atomic E-state index is 0.0633. The number of para-hydroxylation sites is 2. The van der Waals surface area contributed by atoms with Crippen molar-refractivity contribution in [3.63, 3.8) is 0 Å². The Kier molecular flexibility index (Phi) is 5.77. The Hall–Kier alpha value is -3.43. The summed E-state index contributed by atoms with van der Waals surface area (Å²) in [6.07, 6.45) is -0.942. The first-order valence-electron chi connectivity index (χ1n) is 9.64. The van der Waals surface area contributed by atoms with Crippen molar-refractivity contribution in [2.45, 2.75) is 45.3 Å². The molecule has 3 rings (SSSR count). The average molecular weight is 416 g/mol. The molecule has 2 N–H and O–H groups in total. The molecule has 10 nitrogen and oxygen atoms in total. The van der Waals surface area contributed by atoms with E-state index in [9.17, 15) is 24.0 Å². The number of nitrogens with zero attached hydrogens (tertiary/aromatic N) is 2. The number of hydrogen-bond donors (Lipinski definition) is 2. The summed E-state index contributed by atoms with van der Waals surface area (Å²) in [5.74, 6) is -1.83. The number of rotatable bonds is 6. The monoisotopic (exact) mass is 416 g/mol. The van der Waals surface area contributed by atoms with Gasteiger partial charge in [-0.3, -0.25) is 29.0 Å². The van der Waals surface area contributed by atoms with E-state index in [1.807, 2.05) is 0 Å². The van der Waals surface area contributed by atoms with Crippen LogP contribution in [0.4, 0.5) is 16.2 Å². The lowest BCUT2D eigenvalue weighted by Gasteiger charge is -2.30. The van der Waals surface area contributed by atoms with Crippen molar-refractivity contribution >= 4 is 41.1 Å². The van der Waals surface area contributed by atoms with E-state index in [0.717, 1.165) is 4.90 Å². The summed E-state index contributed by atoms with van der Waals surface area (Å²) in [5, 5.41) is 5.25. The van der Waals surface area contributed by atoms with Crippen molar-refractivity contribution in [3.8, 4) is 0 Å². The highest BCUT2D eigenvalue weighted by Gasteiger charge is 2.43. The summed E-state index contributed by atoms with van der Waals surface area (Å²) in [6, 6.07) is 6.36. The normalized spacial score (nSPS) is 18.4. The number of carbonyl (C=O) groups is 5. The van der Waals surface area contributed by atoms with E-state index in [1.54, 1.807) is 38.1 Å². The molecule has 0 saturated carbocycles. The van der Waals surface area contributed by atoms with Gasteiger partial charge in [-0.15, -0.1) is 0 Å². The van der Waals surface area contributed by atoms with Gasteiger partial charge in [-0.25, -0.2) is 4.79 Å². The molecule has 10 heteroatoms. The molecule has 0 bridgehead atoms. The lowest BCUT2D eigenvalue weighted by atomic mass is 10.1. The van der Waals surface area contributed by atoms with Gasteiger partial charge in [0.2, 0.25) is 5.91 Å². The van der Waals surface area contributed by atoms with Crippen molar-refractivity contribution in [1.29, 1.82) is 0 Å². The minimum atomic E-state index is -1.09. The van der Waals surface area contributed by atoms with Crippen LogP contribution in [0.5, 0.6) is 0 Å². The Morgan fingerprint density at radius 1 is 1.20 bits per heavy atom. The minimum Gasteiger partial charge on any atom is -0.453 e. The van der Waals surface area contributed by atoms with Crippen LogP contribution < -0.4 is 15.5 Å². The maximum Gasteiger partial charge on any atom is 0.325 e. The number of amides is 5. The van der Waals surface area contributed by atoms with Gasteiger partial charge >= 0.3 is 12.0 Å². The molecule has 2 heterocycles. The molecular formula is C20H24N4O6. The molecule has 0 aromatic heterocycles. The zero-order valence-corrected chi connectivity index (χ0v) is 17.1. The highest BCUT2D eigenvalue weighted by Crippen LogP contribution is 2.29. The molecule has 1 aromatic carbocycles. The Labute approximate surface area is 173 Å². The molecule has 1 unspecified atom stereocenters. The van der Waals surface area contributed by atoms with Gasteiger partial charge in [0.05, 0.1) is 11.4 Å². The van der Waals surface area contributed by atoms with E-state index in [2.05, 4.69) is 10.6 Å². The third-order valence-corrected chi connectivity index (χ3v) is 4.90. The first-order valence-corrected chi connectivity index (χ1v) is 9.64. The molecular weight excluding hydrogens is 392 g/mol. The van der Waals surface area contributed by atoms with Crippen molar-refractivity contribution in [3.05, 3.63) is 24.3 Å². The smallest absolute Gasteiger partial charge is 0.325 e. The Morgan fingerprint density at radius 3 is 2.57 bits per heavy atom. The standard InChI is InChI=1S/C20H24N4O6/c1-12(17(27)24-11-15(25)21-13-7-4-5-8-14(13)24)30-16(26)9-6-10-23-18(28)20(2,3)22-19(23)29/h4-5,7-8,12H,6,9-11H2,1-3H3,(H,21,25)(H,22,29). The molecule has 1 aromatic rings. The second kappa shape index (κ2) is 8.13. The van der Waals surface area contributed by atoms with Crippen LogP contribution in [-0.4, -0.2) is 59.4 Å². The summed E-state index contributed by atoms with van der Waals surface area (Å²) in [4.78, 5) is 63.1. The molecule has 0 radical (unpaired) electrons. The van der Waals surface area contributed by atoms with E-state index < -0.39 is 29.6 Å². The summed E-state index contributed by atoms with van der Waals surface area (Å²) in [6.45, 7) is 4.56. The number of anilines is 2. The zero-order chi connectivity index (χ0) is 22.1. The fraction of sp³-hybridized carbons (Fsp3) is 0.450. The molecule has 2 aliphatic heterocycles. The number of benzene rings is 1. The predicted octanol–water partition coefficient (Wildman–Crippen LogP) is 1.01. The first kappa shape index (κ1) is 21.3. The van der Waals surface area contributed by atoms with E-state index in [0.29, 0.717) is 11.4 Å². The van der Waals surface area contributed by atoms with E-state index in [1.165, 1.54) is 11.8 Å². The summed E-state index contributed by atoms with van der Waals surface area (Å²) in [7, 11) is 0. The first-order chi connectivity index (χ1) is 14.1. The van der Waals surface area contributed by atoms with Crippen molar-refractivity contribution in [1.82, 2.24) is 10.2 Å². The third kappa shape index (κ3) is 4.27. The highest BCUT2D eigenvalue weighted by molar-refractivity contribution is 6.11. The van der Waals surface area contributed by atoms with E-state index in [4.69, 9.17) is 4.74 Å². The van der Waals surface area contributed by atoms with Crippen LogP contribution in [0, 0.1) is 0 Å². The van der Waals surface area contributed by atoms with Crippen LogP contribution in [0.2, 0.25) is 0 Å². The number of fused-ring (bicyclic) bond motifs is 1. The Bertz CT molecular complexity index is 912. The highest BCUT2D eigenvalue weighted by atomic mass is 16.5. The maximum absolute atomic E-state index is 12.7. The maximum atomic E-state index is 12.7. The third-order valence-electron chi connectivity index (χ3n) is 4.90. The number of imide groups is 1. The molecule has 0 aliphatic carbocycles. The number of hydrogen-bond acceptors (Lipinski definition) is 6. The van der Waals surface area contributed by atoms with Gasteiger partial charge in [0.15, 0.2) is 6.10 Å². The van der Waals surface area contributed by atoms with Crippen LogP contribution in [0.3, 0.4) is 0 Å². The van der Waals surface area contributed by atoms with Crippen LogP contribution in [-0.2, 0) is 23.9 Å². The topological polar surface area (TPSA) is 125 Å². The molecule has 160 valence electrons. The summed E-state index contributed by atoms with van der Waals surface area (Å²) in [5.41, 5.74) is 0.0820. The summed E-state index contributed by atoms with van der Waals surface area (Å²) >= 11 is 0. The Balaban J connectivity index is 1.52. The zero-order valence-electron chi connectivity index (χ0n) is 17.1. The second-order valence-corrected chi connectivity index (χ2v) is 7.74. The van der Waals surface area contributed by atoms with Gasteiger partial charge < -0.3 is 15.4 Å². The van der Waals surface area contributed by atoms with E-state index in [-0.39, 0.29) is 37.7 Å². The van der Waals surface area contributed by atoms with Gasteiger partial charge in [0.25, 0.3) is 11.8 Å². The average Bonchev–Trinajstić information content (AvgIpc) is 2.87. The SMILES string of the molecule is CC(OC(=O)CCCN1C(=O)NC(C)(C)C1=O)C(=O)N1CC(=O)Nc2ccccc21. The fourth-order valence-corrected chi connectivity index (χ4v) is 3.36. The number of nitrogens with one attached hydrogen (secondary N) is 2. The van der Waals surface area contributed by atoms with Crippen molar-refractivity contribution in [2.75, 3.05) is 23.3 Å². The van der Waals surface area contributed by atoms with Gasteiger partial charge in [-0.1, -0.05) is 12.1 Å². The molecule has 2 aliphatic rings. The molecule has 5 amide bonds. The molecule has 1 atom stereocenters. The van der Waals surface area contributed by atoms with Gasteiger partial charge in [0, 0.05) is 13.0 Å². The number of urea groups is 1. The van der Waals surface area contributed by atoms with E-state index >= 15 is 0 Å². The second-order valence-electron chi connectivity index (χ2n) is 7.74. The number of carbonyl (C=O) groups excluding carboxylic acids is 5. The van der Waals surface area contributed by atoms with Crippen LogP contribution >= 0.6 is 0 Å². The van der Waals surface area contributed by atoms with Crippen molar-refractivity contribution < 1.29 is 28.7 Å². The molecule has 1 fully saturated rings. The Morgan fingerprint density at radius 2 is 1.90 bits per heavy atom.